The average Bonchev–Trinajstić information content (AvgIpc) is 4.08. The van der Waals surface area contributed by atoms with E-state index < -0.39 is 0 Å². The molecule has 4 aliphatic carbocycles. The summed E-state index contributed by atoms with van der Waals surface area (Å²) in [7, 11) is 0. The first-order valence-corrected chi connectivity index (χ1v) is 27.7. The maximum Gasteiger partial charge on any atom is 0.255 e. The number of para-hydroxylation sites is 2. The minimum atomic E-state index is 0.0611. The zero-order chi connectivity index (χ0) is 47.1. The lowest BCUT2D eigenvalue weighted by Crippen LogP contribution is -2.67. The lowest BCUT2D eigenvalue weighted by atomic mass is 9.33. The van der Waals surface area contributed by atoms with Crippen molar-refractivity contribution in [2.75, 3.05) is 9.80 Å². The van der Waals surface area contributed by atoms with E-state index in [2.05, 4.69) is 206 Å². The summed E-state index contributed by atoms with van der Waals surface area (Å²) in [5, 5.41) is 9.26. The fourth-order valence-electron chi connectivity index (χ4n) is 15.3. The van der Waals surface area contributed by atoms with Gasteiger partial charge in [-0.2, -0.15) is 0 Å². The highest BCUT2D eigenvalue weighted by Gasteiger charge is 2.57. The third kappa shape index (κ3) is 5.78. The number of aryl methyl sites for hydroxylation is 1. The molecule has 0 atom stereocenters. The van der Waals surface area contributed by atoms with E-state index in [0.717, 1.165) is 17.8 Å². The predicted molar refractivity (Wildman–Crippen MR) is 307 cm³/mol. The summed E-state index contributed by atoms with van der Waals surface area (Å²) in [5.41, 5.74) is 17.8. The lowest BCUT2D eigenvalue weighted by molar-refractivity contribution is 0.000643. The molecule has 0 saturated heterocycles. The van der Waals surface area contributed by atoms with Crippen LogP contribution in [0.2, 0.25) is 0 Å². The Bertz CT molecular complexity index is 3980. The van der Waals surface area contributed by atoms with Crippen LogP contribution in [0.5, 0.6) is 0 Å². The van der Waals surface area contributed by atoms with Gasteiger partial charge in [-0.1, -0.05) is 118 Å². The van der Waals surface area contributed by atoms with Gasteiger partial charge < -0.3 is 14.4 Å². The van der Waals surface area contributed by atoms with Crippen LogP contribution in [-0.4, -0.2) is 16.8 Å². The summed E-state index contributed by atoms with van der Waals surface area (Å²) in [6.45, 7) is 9.41. The van der Waals surface area contributed by atoms with Crippen molar-refractivity contribution in [1.82, 2.24) is 4.57 Å². The molecule has 71 heavy (non-hydrogen) atoms. The van der Waals surface area contributed by atoms with E-state index in [1.54, 1.807) is 0 Å². The third-order valence-electron chi connectivity index (χ3n) is 17.8. The van der Waals surface area contributed by atoms with E-state index in [1.807, 2.05) is 22.7 Å². The number of thiophene rings is 2. The minimum absolute atomic E-state index is 0.0611. The highest BCUT2D eigenvalue weighted by Crippen LogP contribution is 2.61. The molecule has 3 aromatic heterocycles. The van der Waals surface area contributed by atoms with Gasteiger partial charge in [0.05, 0.1) is 16.0 Å². The molecule has 0 amide bonds. The average molecular weight is 952 g/mol. The molecule has 2 aliphatic heterocycles. The molecule has 17 rings (SSSR count). The maximum atomic E-state index is 3.01. The Kier molecular flexibility index (Phi) is 8.40. The first kappa shape index (κ1) is 41.1. The van der Waals surface area contributed by atoms with Crippen molar-refractivity contribution in [3.8, 4) is 16.1 Å². The largest absolute Gasteiger partial charge is 0.336 e. The van der Waals surface area contributed by atoms with Gasteiger partial charge in [0.15, 0.2) is 0 Å². The van der Waals surface area contributed by atoms with E-state index in [1.165, 1.54) is 163 Å². The molecule has 344 valence electrons. The molecule has 8 aromatic carbocycles. The van der Waals surface area contributed by atoms with Crippen LogP contribution in [0.25, 0.3) is 68.9 Å². The number of nitrogens with zero attached hydrogens (tertiary/aromatic N) is 3. The summed E-state index contributed by atoms with van der Waals surface area (Å²) in [6, 6.07) is 63.4. The second kappa shape index (κ2) is 14.5. The molecule has 4 fully saturated rings. The van der Waals surface area contributed by atoms with Gasteiger partial charge >= 0.3 is 0 Å². The molecule has 0 radical (unpaired) electrons. The smallest absolute Gasteiger partial charge is 0.255 e. The van der Waals surface area contributed by atoms with Gasteiger partial charge in [-0.3, -0.25) is 0 Å². The van der Waals surface area contributed by atoms with Gasteiger partial charge in [-0.15, -0.1) is 22.7 Å². The fourth-order valence-corrected chi connectivity index (χ4v) is 17.9. The molecule has 6 aliphatic rings. The molecule has 3 nitrogen and oxygen atoms in total. The van der Waals surface area contributed by atoms with Crippen molar-refractivity contribution in [1.29, 1.82) is 0 Å². The maximum absolute atomic E-state index is 3.01. The van der Waals surface area contributed by atoms with E-state index >= 15 is 0 Å². The Morgan fingerprint density at radius 1 is 0.549 bits per heavy atom. The zero-order valence-corrected chi connectivity index (χ0v) is 42.4. The first-order valence-electron chi connectivity index (χ1n) is 26.1. The molecule has 0 N–H and O–H groups in total. The molecular formula is C65H54BN3S2. The van der Waals surface area contributed by atoms with E-state index in [-0.39, 0.29) is 17.7 Å². The molecule has 4 saturated carbocycles. The van der Waals surface area contributed by atoms with Crippen LogP contribution in [0.15, 0.2) is 164 Å². The standard InChI is InChI=1S/C65H54BN3S2/c1-38-28-56-60-57(29-38)69(65-35-39-30-40(36-65)32-41(31-39)37-65)55-26-25-50-51-33-45(67-53-18-9-7-15-47(53)48-16-8-10-19-54(48)67)24-27-58(51)70-62(50)61(55)66(60)52-34-59(49-17-11-13-42-12-5-6-14-46(42)49)71-63(52)68(56)44-22-20-43(21-23-44)64(2,3)4/h5-29,33-34,39-41H,30-32,35-37H2,1-4H3. The van der Waals surface area contributed by atoms with Crippen molar-refractivity contribution in [2.45, 2.75) is 77.2 Å². The SMILES string of the molecule is Cc1cc2c3c(c1)N(C14CC5CC(CC(C5)C1)C4)c1ccc4c(sc5ccc(-n6c7ccccc7c7ccccc76)cc54)c1B3c1cc(-c3cccc4ccccc34)sc1N2c1ccc(C(C)(C)C)cc1. The summed E-state index contributed by atoms with van der Waals surface area (Å²) in [5.74, 6) is 2.46. The number of anilines is 5. The lowest BCUT2D eigenvalue weighted by Gasteiger charge is -2.62. The molecule has 0 unspecified atom stereocenters. The van der Waals surface area contributed by atoms with Crippen LogP contribution in [0.3, 0.4) is 0 Å². The second-order valence-electron chi connectivity index (χ2n) is 23.2. The predicted octanol–water partition coefficient (Wildman–Crippen LogP) is 16.4. The summed E-state index contributed by atoms with van der Waals surface area (Å²) >= 11 is 4.01. The van der Waals surface area contributed by atoms with Crippen LogP contribution in [0.4, 0.5) is 27.8 Å². The number of hydrogen-bond donors (Lipinski definition) is 0. The number of aromatic nitrogens is 1. The second-order valence-corrected chi connectivity index (χ2v) is 25.3. The van der Waals surface area contributed by atoms with Crippen molar-refractivity contribution in [3.05, 3.63) is 175 Å². The van der Waals surface area contributed by atoms with Gasteiger partial charge in [-0.05, 0) is 179 Å². The van der Waals surface area contributed by atoms with Gasteiger partial charge in [0, 0.05) is 69.8 Å². The van der Waals surface area contributed by atoms with Crippen molar-refractivity contribution in [3.63, 3.8) is 0 Å². The summed E-state index contributed by atoms with van der Waals surface area (Å²) in [4.78, 5) is 7.01. The number of rotatable bonds is 4. The molecule has 0 spiro atoms. The van der Waals surface area contributed by atoms with Gasteiger partial charge in [-0.25, -0.2) is 0 Å². The van der Waals surface area contributed by atoms with E-state index in [4.69, 9.17) is 0 Å². The van der Waals surface area contributed by atoms with Gasteiger partial charge in [0.2, 0.25) is 0 Å². The van der Waals surface area contributed by atoms with Crippen LogP contribution in [0, 0.1) is 24.7 Å². The summed E-state index contributed by atoms with van der Waals surface area (Å²) < 4.78 is 5.29. The van der Waals surface area contributed by atoms with Crippen LogP contribution in [-0.2, 0) is 5.41 Å². The van der Waals surface area contributed by atoms with Crippen molar-refractivity contribution in [2.24, 2.45) is 17.8 Å². The monoisotopic (exact) mass is 951 g/mol. The van der Waals surface area contributed by atoms with Crippen molar-refractivity contribution < 1.29 is 0 Å². The van der Waals surface area contributed by atoms with Crippen LogP contribution in [0.1, 0.15) is 70.4 Å². The number of fused-ring (bicyclic) bond motifs is 12. The molecule has 6 heteroatoms. The Morgan fingerprint density at radius 3 is 1.92 bits per heavy atom. The highest BCUT2D eigenvalue weighted by molar-refractivity contribution is 7.29. The van der Waals surface area contributed by atoms with E-state index in [9.17, 15) is 0 Å². The third-order valence-corrected chi connectivity index (χ3v) is 20.2. The number of hydrogen-bond acceptors (Lipinski definition) is 4. The van der Waals surface area contributed by atoms with Crippen LogP contribution < -0.4 is 26.2 Å². The fraction of sp³-hybridized carbons (Fsp3) is 0.231. The Labute approximate surface area is 424 Å². The minimum Gasteiger partial charge on any atom is -0.336 e. The molecule has 11 aromatic rings. The quantitative estimate of drug-likeness (QED) is 0.163. The van der Waals surface area contributed by atoms with Gasteiger partial charge in [0.1, 0.15) is 0 Å². The Hall–Kier alpha value is -6.60. The van der Waals surface area contributed by atoms with E-state index in [0.29, 0.717) is 0 Å². The Balaban J connectivity index is 0.990. The topological polar surface area (TPSA) is 11.4 Å². The molecule has 4 bridgehead atoms. The zero-order valence-electron chi connectivity index (χ0n) is 40.8. The molecule has 5 heterocycles. The van der Waals surface area contributed by atoms with Crippen molar-refractivity contribution >= 4 is 126 Å². The van der Waals surface area contributed by atoms with Gasteiger partial charge in [0.25, 0.3) is 6.71 Å². The Morgan fingerprint density at radius 2 is 1.20 bits per heavy atom. The highest BCUT2D eigenvalue weighted by atomic mass is 32.1. The number of benzene rings is 8. The summed E-state index contributed by atoms with van der Waals surface area (Å²) in [6.07, 6.45) is 8.16. The molecular weight excluding hydrogens is 898 g/mol. The normalized spacial score (nSPS) is 21.0. The van der Waals surface area contributed by atoms with Crippen LogP contribution >= 0.6 is 22.7 Å². The first-order chi connectivity index (χ1) is 34.7.